The zero-order valence-corrected chi connectivity index (χ0v) is 14.4. The van der Waals surface area contributed by atoms with E-state index < -0.39 is 0 Å². The van der Waals surface area contributed by atoms with Gasteiger partial charge in [-0.1, -0.05) is 47.5 Å². The smallest absolute Gasteiger partial charge is 0.140 e. The molecule has 5 heteroatoms. The number of aromatic nitrogens is 2. The fraction of sp³-hybridized carbons (Fsp3) is 0.286. The number of rotatable bonds is 4. The molecule has 0 aliphatic heterocycles. The SMILES string of the molecule is CCCc1nc(Cc2ccccc2Br)nc(N)c1I. The van der Waals surface area contributed by atoms with Gasteiger partial charge in [-0.2, -0.15) is 0 Å². The van der Waals surface area contributed by atoms with Crippen molar-refractivity contribution < 1.29 is 0 Å². The molecule has 0 aliphatic carbocycles. The van der Waals surface area contributed by atoms with Crippen molar-refractivity contribution in [2.45, 2.75) is 26.2 Å². The molecule has 1 aromatic heterocycles. The summed E-state index contributed by atoms with van der Waals surface area (Å²) in [6.45, 7) is 2.14. The van der Waals surface area contributed by atoms with Gasteiger partial charge in [-0.25, -0.2) is 9.97 Å². The van der Waals surface area contributed by atoms with Crippen molar-refractivity contribution in [3.8, 4) is 0 Å². The summed E-state index contributed by atoms with van der Waals surface area (Å²) in [7, 11) is 0. The van der Waals surface area contributed by atoms with E-state index in [0.29, 0.717) is 12.2 Å². The first kappa shape index (κ1) is 14.7. The lowest BCUT2D eigenvalue weighted by Crippen LogP contribution is -2.08. The van der Waals surface area contributed by atoms with Crippen LogP contribution in [0.15, 0.2) is 28.7 Å². The van der Waals surface area contributed by atoms with Crippen molar-refractivity contribution >= 4 is 44.3 Å². The van der Waals surface area contributed by atoms with Crippen molar-refractivity contribution in [2.75, 3.05) is 5.73 Å². The molecule has 0 amide bonds. The highest BCUT2D eigenvalue weighted by molar-refractivity contribution is 14.1. The molecular formula is C14H15BrIN3. The number of halogens is 2. The first-order valence-electron chi connectivity index (χ1n) is 6.16. The maximum absolute atomic E-state index is 5.97. The lowest BCUT2D eigenvalue weighted by molar-refractivity contribution is 0.835. The standard InChI is InChI=1S/C14H15BrIN3/c1-2-5-11-13(16)14(17)19-12(18-11)8-9-6-3-4-7-10(9)15/h3-4,6-7H,2,5,8H2,1H3,(H2,17,18,19). The van der Waals surface area contributed by atoms with Gasteiger partial charge in [-0.05, 0) is 40.6 Å². The lowest BCUT2D eigenvalue weighted by Gasteiger charge is -2.09. The molecule has 2 N–H and O–H groups in total. The van der Waals surface area contributed by atoms with Crippen LogP contribution in [0.5, 0.6) is 0 Å². The Labute approximate surface area is 135 Å². The van der Waals surface area contributed by atoms with Crippen LogP contribution in [0.25, 0.3) is 0 Å². The molecule has 0 bridgehead atoms. The Morgan fingerprint density at radius 2 is 2.00 bits per heavy atom. The van der Waals surface area contributed by atoms with Gasteiger partial charge in [0, 0.05) is 10.9 Å². The zero-order valence-electron chi connectivity index (χ0n) is 10.7. The van der Waals surface area contributed by atoms with E-state index in [0.717, 1.165) is 32.4 Å². The van der Waals surface area contributed by atoms with E-state index in [1.807, 2.05) is 18.2 Å². The maximum atomic E-state index is 5.97. The Balaban J connectivity index is 2.33. The summed E-state index contributed by atoms with van der Waals surface area (Å²) >= 11 is 5.77. The topological polar surface area (TPSA) is 51.8 Å². The molecule has 1 aromatic carbocycles. The van der Waals surface area contributed by atoms with Crippen LogP contribution in [0.1, 0.15) is 30.4 Å². The van der Waals surface area contributed by atoms with E-state index in [-0.39, 0.29) is 0 Å². The van der Waals surface area contributed by atoms with Crippen LogP contribution >= 0.6 is 38.5 Å². The minimum absolute atomic E-state index is 0.584. The van der Waals surface area contributed by atoms with E-state index in [1.165, 1.54) is 5.56 Å². The van der Waals surface area contributed by atoms with E-state index in [1.54, 1.807) is 0 Å². The summed E-state index contributed by atoms with van der Waals surface area (Å²) in [4.78, 5) is 9.03. The van der Waals surface area contributed by atoms with Crippen molar-refractivity contribution in [1.29, 1.82) is 0 Å². The number of nitrogens with zero attached hydrogens (tertiary/aromatic N) is 2. The first-order valence-corrected chi connectivity index (χ1v) is 8.03. The highest BCUT2D eigenvalue weighted by atomic mass is 127. The van der Waals surface area contributed by atoms with E-state index in [2.05, 4.69) is 61.5 Å². The highest BCUT2D eigenvalue weighted by Crippen LogP contribution is 2.21. The van der Waals surface area contributed by atoms with Crippen LogP contribution in [0.2, 0.25) is 0 Å². The van der Waals surface area contributed by atoms with Gasteiger partial charge in [0.05, 0.1) is 9.26 Å². The molecule has 19 heavy (non-hydrogen) atoms. The summed E-state index contributed by atoms with van der Waals surface area (Å²) in [5, 5.41) is 0. The Kier molecular flexibility index (Phi) is 5.15. The van der Waals surface area contributed by atoms with Crippen LogP contribution in [-0.4, -0.2) is 9.97 Å². The van der Waals surface area contributed by atoms with Gasteiger partial charge < -0.3 is 5.73 Å². The predicted octanol–water partition coefficient (Wildman–Crippen LogP) is 3.97. The lowest BCUT2D eigenvalue weighted by atomic mass is 10.1. The minimum atomic E-state index is 0.584. The van der Waals surface area contributed by atoms with Crippen molar-refractivity contribution in [1.82, 2.24) is 9.97 Å². The Morgan fingerprint density at radius 3 is 2.68 bits per heavy atom. The monoisotopic (exact) mass is 431 g/mol. The zero-order chi connectivity index (χ0) is 13.8. The maximum Gasteiger partial charge on any atom is 0.140 e. The van der Waals surface area contributed by atoms with Gasteiger partial charge in [-0.3, -0.25) is 0 Å². The van der Waals surface area contributed by atoms with Crippen LogP contribution in [0, 0.1) is 3.57 Å². The molecule has 0 unspecified atom stereocenters. The summed E-state index contributed by atoms with van der Waals surface area (Å²) in [6.07, 6.45) is 2.69. The highest BCUT2D eigenvalue weighted by Gasteiger charge is 2.10. The van der Waals surface area contributed by atoms with Crippen LogP contribution in [-0.2, 0) is 12.8 Å². The first-order chi connectivity index (χ1) is 9.11. The number of nitrogen functional groups attached to an aromatic ring is 1. The number of hydrogen-bond donors (Lipinski definition) is 1. The number of nitrogens with two attached hydrogens (primary N) is 1. The van der Waals surface area contributed by atoms with Crippen molar-refractivity contribution in [2.24, 2.45) is 0 Å². The normalized spacial score (nSPS) is 10.7. The quantitative estimate of drug-likeness (QED) is 0.745. The molecule has 0 spiro atoms. The summed E-state index contributed by atoms with van der Waals surface area (Å²) < 4.78 is 2.06. The molecule has 0 saturated heterocycles. The molecule has 100 valence electrons. The third kappa shape index (κ3) is 3.66. The number of aryl methyl sites for hydroxylation is 1. The molecule has 0 saturated carbocycles. The number of benzene rings is 1. The molecule has 2 aromatic rings. The second kappa shape index (κ2) is 6.65. The summed E-state index contributed by atoms with van der Waals surface area (Å²) in [5.74, 6) is 1.37. The number of anilines is 1. The van der Waals surface area contributed by atoms with Gasteiger partial charge in [0.1, 0.15) is 11.6 Å². The molecule has 3 nitrogen and oxygen atoms in total. The minimum Gasteiger partial charge on any atom is -0.383 e. The fourth-order valence-corrected chi connectivity index (χ4v) is 2.80. The van der Waals surface area contributed by atoms with Gasteiger partial charge in [0.2, 0.25) is 0 Å². The van der Waals surface area contributed by atoms with E-state index >= 15 is 0 Å². The van der Waals surface area contributed by atoms with Crippen molar-refractivity contribution in [3.05, 3.63) is 49.4 Å². The van der Waals surface area contributed by atoms with Crippen LogP contribution < -0.4 is 5.73 Å². The predicted molar refractivity (Wildman–Crippen MR) is 90.1 cm³/mol. The van der Waals surface area contributed by atoms with Crippen LogP contribution in [0.4, 0.5) is 5.82 Å². The van der Waals surface area contributed by atoms with E-state index in [4.69, 9.17) is 5.73 Å². The molecule has 0 radical (unpaired) electrons. The molecule has 2 rings (SSSR count). The van der Waals surface area contributed by atoms with Gasteiger partial charge in [0.15, 0.2) is 0 Å². The molecule has 0 aliphatic rings. The largest absolute Gasteiger partial charge is 0.383 e. The van der Waals surface area contributed by atoms with Gasteiger partial charge in [-0.15, -0.1) is 0 Å². The Bertz CT molecular complexity index is 587. The fourth-order valence-electron chi connectivity index (χ4n) is 1.86. The number of hydrogen-bond acceptors (Lipinski definition) is 3. The summed E-state index contributed by atoms with van der Waals surface area (Å²) in [6, 6.07) is 8.11. The second-order valence-electron chi connectivity index (χ2n) is 4.30. The van der Waals surface area contributed by atoms with Crippen LogP contribution in [0.3, 0.4) is 0 Å². The molecule has 1 heterocycles. The average Bonchev–Trinajstić information content (AvgIpc) is 2.38. The Hall–Kier alpha value is -0.690. The molecule has 0 atom stereocenters. The van der Waals surface area contributed by atoms with E-state index in [9.17, 15) is 0 Å². The Morgan fingerprint density at radius 1 is 1.26 bits per heavy atom. The van der Waals surface area contributed by atoms with Crippen molar-refractivity contribution in [3.63, 3.8) is 0 Å². The second-order valence-corrected chi connectivity index (χ2v) is 6.24. The third-order valence-corrected chi connectivity index (χ3v) is 4.73. The molecular weight excluding hydrogens is 417 g/mol. The van der Waals surface area contributed by atoms with Gasteiger partial charge >= 0.3 is 0 Å². The molecule has 0 fully saturated rings. The van der Waals surface area contributed by atoms with Gasteiger partial charge in [0.25, 0.3) is 0 Å². The third-order valence-electron chi connectivity index (χ3n) is 2.78. The summed E-state index contributed by atoms with van der Waals surface area (Å²) in [5.41, 5.74) is 8.20. The average molecular weight is 432 g/mol.